The molecule has 0 spiro atoms. The lowest BCUT2D eigenvalue weighted by atomic mass is 10.3. The lowest BCUT2D eigenvalue weighted by Gasteiger charge is -1.83. The first kappa shape index (κ1) is 9.82. The molecule has 0 amide bonds. The fraction of sp³-hybridized carbons (Fsp3) is 0.300. The van der Waals surface area contributed by atoms with E-state index in [9.17, 15) is 4.79 Å². The van der Waals surface area contributed by atoms with Crippen molar-refractivity contribution < 1.29 is 9.53 Å². The van der Waals surface area contributed by atoms with Crippen molar-refractivity contribution in [3.63, 3.8) is 0 Å². The van der Waals surface area contributed by atoms with Crippen LogP contribution >= 0.6 is 11.3 Å². The zero-order valence-corrected chi connectivity index (χ0v) is 8.62. The van der Waals surface area contributed by atoms with Gasteiger partial charge in [-0.05, 0) is 31.4 Å². The van der Waals surface area contributed by atoms with Crippen LogP contribution in [0.1, 0.15) is 15.3 Å². The molecule has 0 unspecified atom stereocenters. The Bertz CT molecular complexity index is 360. The van der Waals surface area contributed by atoms with E-state index in [0.717, 1.165) is 4.88 Å². The first-order chi connectivity index (χ1) is 6.13. The van der Waals surface area contributed by atoms with E-state index in [2.05, 4.69) is 16.6 Å². The highest BCUT2D eigenvalue weighted by atomic mass is 32.1. The Morgan fingerprint density at radius 1 is 1.54 bits per heavy atom. The Kier molecular flexibility index (Phi) is 3.10. The van der Waals surface area contributed by atoms with E-state index < -0.39 is 5.97 Å². The van der Waals surface area contributed by atoms with Gasteiger partial charge in [-0.15, -0.1) is 11.3 Å². The second-order valence-corrected chi connectivity index (χ2v) is 3.85. The fourth-order valence-corrected chi connectivity index (χ4v) is 1.69. The molecule has 1 aromatic heterocycles. The standard InChI is InChI=1S/C10H10O2S/c1-7-6-9(13-8(7)2)4-5-10(11)12-3/h6H,1-3H3. The summed E-state index contributed by atoms with van der Waals surface area (Å²) in [4.78, 5) is 12.8. The first-order valence-corrected chi connectivity index (χ1v) is 4.62. The summed E-state index contributed by atoms with van der Waals surface area (Å²) in [6.07, 6.45) is 0. The summed E-state index contributed by atoms with van der Waals surface area (Å²) in [6, 6.07) is 1.97. The number of aryl methyl sites for hydroxylation is 2. The van der Waals surface area contributed by atoms with Gasteiger partial charge >= 0.3 is 5.97 Å². The lowest BCUT2D eigenvalue weighted by molar-refractivity contribution is -0.133. The van der Waals surface area contributed by atoms with E-state index >= 15 is 0 Å². The van der Waals surface area contributed by atoms with Crippen molar-refractivity contribution in [3.8, 4) is 11.8 Å². The quantitative estimate of drug-likeness (QED) is 0.465. The molecule has 0 saturated heterocycles. The van der Waals surface area contributed by atoms with Crippen LogP contribution in [-0.4, -0.2) is 13.1 Å². The first-order valence-electron chi connectivity index (χ1n) is 3.80. The molecule has 0 fully saturated rings. The third-order valence-electron chi connectivity index (χ3n) is 1.64. The summed E-state index contributed by atoms with van der Waals surface area (Å²) < 4.78 is 4.40. The summed E-state index contributed by atoms with van der Waals surface area (Å²) in [7, 11) is 1.32. The van der Waals surface area contributed by atoms with Gasteiger partial charge in [0.15, 0.2) is 0 Å². The number of thiophene rings is 1. The maximum absolute atomic E-state index is 10.7. The summed E-state index contributed by atoms with van der Waals surface area (Å²) >= 11 is 1.59. The van der Waals surface area contributed by atoms with Gasteiger partial charge in [-0.2, -0.15) is 0 Å². The summed E-state index contributed by atoms with van der Waals surface area (Å²) in [5.41, 5.74) is 1.21. The maximum atomic E-state index is 10.7. The minimum atomic E-state index is -0.497. The molecule has 68 valence electrons. The van der Waals surface area contributed by atoms with Crippen LogP contribution in [0.2, 0.25) is 0 Å². The second-order valence-electron chi connectivity index (χ2n) is 2.59. The van der Waals surface area contributed by atoms with Crippen molar-refractivity contribution in [1.29, 1.82) is 0 Å². The Labute approximate surface area is 81.5 Å². The van der Waals surface area contributed by atoms with Crippen molar-refractivity contribution in [3.05, 3.63) is 21.4 Å². The number of carbonyl (C=O) groups excluding carboxylic acids is 1. The number of carbonyl (C=O) groups is 1. The van der Waals surface area contributed by atoms with Crippen LogP contribution in [0.4, 0.5) is 0 Å². The van der Waals surface area contributed by atoms with Crippen molar-refractivity contribution in [2.45, 2.75) is 13.8 Å². The fourth-order valence-electron chi connectivity index (χ4n) is 0.798. The van der Waals surface area contributed by atoms with Crippen LogP contribution in [0.25, 0.3) is 0 Å². The van der Waals surface area contributed by atoms with Gasteiger partial charge in [0, 0.05) is 10.8 Å². The second kappa shape index (κ2) is 4.11. The number of hydrogen-bond donors (Lipinski definition) is 0. The van der Waals surface area contributed by atoms with E-state index in [4.69, 9.17) is 0 Å². The molecule has 0 saturated carbocycles. The molecule has 0 aliphatic carbocycles. The number of ether oxygens (including phenoxy) is 1. The number of methoxy groups -OCH3 is 1. The van der Waals surface area contributed by atoms with Gasteiger partial charge in [-0.25, -0.2) is 4.79 Å². The van der Waals surface area contributed by atoms with Crippen LogP contribution in [0.5, 0.6) is 0 Å². The highest BCUT2D eigenvalue weighted by molar-refractivity contribution is 7.12. The van der Waals surface area contributed by atoms with E-state index in [-0.39, 0.29) is 0 Å². The average Bonchev–Trinajstić information content (AvgIpc) is 2.42. The van der Waals surface area contributed by atoms with Gasteiger partial charge < -0.3 is 4.74 Å². The van der Waals surface area contributed by atoms with Crippen molar-refractivity contribution in [2.24, 2.45) is 0 Å². The smallest absolute Gasteiger partial charge is 0.384 e. The van der Waals surface area contributed by atoms with Gasteiger partial charge in [0.05, 0.1) is 12.0 Å². The van der Waals surface area contributed by atoms with Crippen molar-refractivity contribution in [2.75, 3.05) is 7.11 Å². The largest absolute Gasteiger partial charge is 0.459 e. The molecule has 3 heteroatoms. The minimum Gasteiger partial charge on any atom is -0.459 e. The number of esters is 1. The number of rotatable bonds is 0. The van der Waals surface area contributed by atoms with E-state index in [1.807, 2.05) is 19.9 Å². The topological polar surface area (TPSA) is 26.3 Å². The van der Waals surface area contributed by atoms with Gasteiger partial charge in [-0.3, -0.25) is 0 Å². The molecule has 0 N–H and O–H groups in total. The zero-order valence-electron chi connectivity index (χ0n) is 7.80. The Morgan fingerprint density at radius 3 is 2.69 bits per heavy atom. The molecule has 0 aromatic carbocycles. The maximum Gasteiger partial charge on any atom is 0.384 e. The summed E-state index contributed by atoms with van der Waals surface area (Å²) in [5, 5.41) is 0. The molecule has 0 bridgehead atoms. The van der Waals surface area contributed by atoms with E-state index in [1.54, 1.807) is 11.3 Å². The molecule has 1 heterocycles. The molecule has 1 aromatic rings. The molecule has 0 radical (unpaired) electrons. The van der Waals surface area contributed by atoms with Crippen LogP contribution in [0, 0.1) is 25.7 Å². The van der Waals surface area contributed by atoms with Crippen LogP contribution in [0.3, 0.4) is 0 Å². The monoisotopic (exact) mass is 194 g/mol. The predicted octanol–water partition coefficient (Wildman–Crippen LogP) is 1.89. The minimum absolute atomic E-state index is 0.497. The molecule has 2 nitrogen and oxygen atoms in total. The van der Waals surface area contributed by atoms with Gasteiger partial charge in [0.1, 0.15) is 0 Å². The van der Waals surface area contributed by atoms with E-state index in [1.165, 1.54) is 17.6 Å². The Balaban J connectivity index is 2.84. The van der Waals surface area contributed by atoms with E-state index in [0.29, 0.717) is 0 Å². The SMILES string of the molecule is COC(=O)C#Cc1cc(C)c(C)s1. The van der Waals surface area contributed by atoms with Crippen molar-refractivity contribution >= 4 is 17.3 Å². The highest BCUT2D eigenvalue weighted by Crippen LogP contribution is 2.19. The summed E-state index contributed by atoms with van der Waals surface area (Å²) in [5.74, 6) is 4.64. The van der Waals surface area contributed by atoms with Crippen LogP contribution < -0.4 is 0 Å². The van der Waals surface area contributed by atoms with Gasteiger partial charge in [0.2, 0.25) is 0 Å². The average molecular weight is 194 g/mol. The third kappa shape index (κ3) is 2.60. The molecular formula is C10H10O2S. The third-order valence-corrected chi connectivity index (χ3v) is 2.71. The Hall–Kier alpha value is -1.27. The molecule has 13 heavy (non-hydrogen) atoms. The predicted molar refractivity (Wildman–Crippen MR) is 52.7 cm³/mol. The molecule has 0 aliphatic heterocycles. The number of hydrogen-bond acceptors (Lipinski definition) is 3. The molecular weight excluding hydrogens is 184 g/mol. The molecule has 0 aliphatic rings. The van der Waals surface area contributed by atoms with Crippen molar-refractivity contribution in [1.82, 2.24) is 0 Å². The van der Waals surface area contributed by atoms with Crippen LogP contribution in [0.15, 0.2) is 6.07 Å². The summed E-state index contributed by atoms with van der Waals surface area (Å²) in [6.45, 7) is 4.05. The van der Waals surface area contributed by atoms with Gasteiger partial charge in [0.25, 0.3) is 0 Å². The Morgan fingerprint density at radius 2 is 2.23 bits per heavy atom. The highest BCUT2D eigenvalue weighted by Gasteiger charge is 1.98. The molecule has 0 atom stereocenters. The normalized spacial score (nSPS) is 8.85. The van der Waals surface area contributed by atoms with Gasteiger partial charge in [-0.1, -0.05) is 0 Å². The lowest BCUT2D eigenvalue weighted by Crippen LogP contribution is -1.93. The van der Waals surface area contributed by atoms with Crippen LogP contribution in [-0.2, 0) is 9.53 Å². The zero-order chi connectivity index (χ0) is 9.84. The molecule has 1 rings (SSSR count).